The number of rotatable bonds is 6. The molecule has 1 aromatic carbocycles. The number of methoxy groups -OCH3 is 1. The van der Waals surface area contributed by atoms with Crippen molar-refractivity contribution in [2.24, 2.45) is 0 Å². The van der Waals surface area contributed by atoms with E-state index in [1.807, 2.05) is 24.3 Å². The fourth-order valence-corrected chi connectivity index (χ4v) is 1.49. The van der Waals surface area contributed by atoms with Gasteiger partial charge in [-0.2, -0.15) is 10.1 Å². The minimum absolute atomic E-state index is 0.444. The number of benzene rings is 1. The second kappa shape index (κ2) is 6.34. The lowest BCUT2D eigenvalue weighted by molar-refractivity contribution is 0.417. The van der Waals surface area contributed by atoms with Crippen LogP contribution in [0.2, 0.25) is 0 Å². The molecule has 6 nitrogen and oxygen atoms in total. The molecule has 2 aromatic rings. The Labute approximate surface area is 111 Å². The van der Waals surface area contributed by atoms with Crippen LogP contribution in [-0.4, -0.2) is 28.8 Å². The molecular formula is C13H15N5O. The fourth-order valence-electron chi connectivity index (χ4n) is 1.49. The average Bonchev–Trinajstić information content (AvgIpc) is 2.46. The summed E-state index contributed by atoms with van der Waals surface area (Å²) in [6, 6.07) is 7.58. The third-order valence-corrected chi connectivity index (χ3v) is 2.33. The fraction of sp³-hybridized carbons (Fsp3) is 0.154. The maximum atomic E-state index is 5.26. The lowest BCUT2D eigenvalue weighted by Crippen LogP contribution is -2.06. The quantitative estimate of drug-likeness (QED) is 0.773. The van der Waals surface area contributed by atoms with Crippen molar-refractivity contribution in [1.82, 2.24) is 15.2 Å². The predicted molar refractivity (Wildman–Crippen MR) is 74.8 cm³/mol. The average molecular weight is 257 g/mol. The number of ether oxygens (including phenoxy) is 1. The number of nitrogens with zero attached hydrogens (tertiary/aromatic N) is 3. The maximum absolute atomic E-state index is 5.26. The molecule has 0 unspecified atom stereocenters. The van der Waals surface area contributed by atoms with E-state index in [4.69, 9.17) is 4.74 Å². The van der Waals surface area contributed by atoms with Crippen LogP contribution in [0.3, 0.4) is 0 Å². The molecule has 0 atom stereocenters. The predicted octanol–water partition coefficient (Wildman–Crippen LogP) is 2.22. The highest BCUT2D eigenvalue weighted by atomic mass is 16.5. The Hall–Kier alpha value is -2.63. The smallest absolute Gasteiger partial charge is 0.244 e. The Bertz CT molecular complexity index is 558. The molecule has 2 N–H and O–H groups in total. The molecular weight excluding hydrogens is 242 g/mol. The first-order valence-electron chi connectivity index (χ1n) is 5.78. The monoisotopic (exact) mass is 257 g/mol. The van der Waals surface area contributed by atoms with E-state index in [1.165, 1.54) is 0 Å². The van der Waals surface area contributed by atoms with Crippen molar-refractivity contribution < 1.29 is 4.74 Å². The number of aromatic nitrogens is 3. The largest absolute Gasteiger partial charge is 0.495 e. The Morgan fingerprint density at radius 3 is 3.00 bits per heavy atom. The van der Waals surface area contributed by atoms with Crippen LogP contribution in [0.4, 0.5) is 17.5 Å². The molecule has 0 radical (unpaired) electrons. The normalized spacial score (nSPS) is 9.74. The van der Waals surface area contributed by atoms with Gasteiger partial charge in [0.15, 0.2) is 5.82 Å². The Morgan fingerprint density at radius 1 is 1.37 bits per heavy atom. The van der Waals surface area contributed by atoms with E-state index < -0.39 is 0 Å². The third-order valence-electron chi connectivity index (χ3n) is 2.33. The standard InChI is InChI=1S/C13H15N5O/c1-3-8-14-13-17-12(9-15-18-13)16-10-6-4-5-7-11(10)19-2/h3-7,9H,1,8H2,2H3,(H2,14,16,17,18). The highest BCUT2D eigenvalue weighted by Gasteiger charge is 2.04. The maximum Gasteiger partial charge on any atom is 0.244 e. The zero-order valence-corrected chi connectivity index (χ0v) is 10.6. The van der Waals surface area contributed by atoms with Crippen LogP contribution in [0.25, 0.3) is 0 Å². The minimum Gasteiger partial charge on any atom is -0.495 e. The van der Waals surface area contributed by atoms with Crippen LogP contribution in [0, 0.1) is 0 Å². The Balaban J connectivity index is 2.16. The molecule has 0 spiro atoms. The molecule has 1 aromatic heterocycles. The topological polar surface area (TPSA) is 72.0 Å². The van der Waals surface area contributed by atoms with Gasteiger partial charge in [-0.3, -0.25) is 0 Å². The van der Waals surface area contributed by atoms with Crippen LogP contribution < -0.4 is 15.4 Å². The number of hydrogen-bond acceptors (Lipinski definition) is 6. The molecule has 0 saturated carbocycles. The van der Waals surface area contributed by atoms with Gasteiger partial charge in [0.05, 0.1) is 19.0 Å². The van der Waals surface area contributed by atoms with Crippen molar-refractivity contribution in [3.05, 3.63) is 43.1 Å². The number of hydrogen-bond donors (Lipinski definition) is 2. The molecule has 0 aliphatic carbocycles. The van der Waals surface area contributed by atoms with Crippen LogP contribution in [-0.2, 0) is 0 Å². The summed E-state index contributed by atoms with van der Waals surface area (Å²) in [7, 11) is 1.62. The van der Waals surface area contributed by atoms with Crippen molar-refractivity contribution in [1.29, 1.82) is 0 Å². The Kier molecular flexibility index (Phi) is 4.28. The SMILES string of the molecule is C=CCNc1nncc(Nc2ccccc2OC)n1. The molecule has 0 aliphatic heterocycles. The molecule has 2 rings (SSSR count). The van der Waals surface area contributed by atoms with Crippen LogP contribution in [0.15, 0.2) is 43.1 Å². The van der Waals surface area contributed by atoms with Gasteiger partial charge in [-0.15, -0.1) is 11.7 Å². The number of anilines is 3. The molecule has 0 fully saturated rings. The summed E-state index contributed by atoms with van der Waals surface area (Å²) in [5, 5.41) is 13.9. The van der Waals surface area contributed by atoms with Crippen molar-refractivity contribution >= 4 is 17.5 Å². The van der Waals surface area contributed by atoms with Gasteiger partial charge in [0.1, 0.15) is 5.75 Å². The first-order valence-corrected chi connectivity index (χ1v) is 5.78. The van der Waals surface area contributed by atoms with E-state index in [-0.39, 0.29) is 0 Å². The third kappa shape index (κ3) is 3.41. The van der Waals surface area contributed by atoms with Gasteiger partial charge in [-0.25, -0.2) is 0 Å². The highest BCUT2D eigenvalue weighted by Crippen LogP contribution is 2.25. The van der Waals surface area contributed by atoms with Gasteiger partial charge in [0.2, 0.25) is 5.95 Å². The van der Waals surface area contributed by atoms with Gasteiger partial charge in [-0.1, -0.05) is 18.2 Å². The van der Waals surface area contributed by atoms with E-state index in [0.717, 1.165) is 11.4 Å². The first-order chi connectivity index (χ1) is 9.33. The molecule has 1 heterocycles. The molecule has 6 heteroatoms. The summed E-state index contributed by atoms with van der Waals surface area (Å²) < 4.78 is 5.26. The van der Waals surface area contributed by atoms with Gasteiger partial charge in [0, 0.05) is 6.54 Å². The lowest BCUT2D eigenvalue weighted by Gasteiger charge is -2.10. The van der Waals surface area contributed by atoms with Crippen LogP contribution >= 0.6 is 0 Å². The molecule has 0 bridgehead atoms. The van der Waals surface area contributed by atoms with Crippen molar-refractivity contribution in [3.8, 4) is 5.75 Å². The lowest BCUT2D eigenvalue weighted by atomic mass is 10.3. The Morgan fingerprint density at radius 2 is 2.21 bits per heavy atom. The van der Waals surface area contributed by atoms with Crippen molar-refractivity contribution in [2.75, 3.05) is 24.3 Å². The van der Waals surface area contributed by atoms with Crippen molar-refractivity contribution in [2.45, 2.75) is 0 Å². The molecule has 0 saturated heterocycles. The summed E-state index contributed by atoms with van der Waals surface area (Å²) in [5.74, 6) is 1.77. The second-order valence-corrected chi connectivity index (χ2v) is 3.66. The van der Waals surface area contributed by atoms with E-state index in [9.17, 15) is 0 Å². The first kappa shape index (κ1) is 12.8. The summed E-state index contributed by atoms with van der Waals surface area (Å²) in [5.41, 5.74) is 0.820. The van der Waals surface area contributed by atoms with Gasteiger partial charge in [-0.05, 0) is 12.1 Å². The summed E-state index contributed by atoms with van der Waals surface area (Å²) in [6.07, 6.45) is 3.27. The summed E-state index contributed by atoms with van der Waals surface area (Å²) >= 11 is 0. The van der Waals surface area contributed by atoms with Gasteiger partial charge < -0.3 is 15.4 Å². The molecule has 0 aliphatic rings. The number of nitrogens with one attached hydrogen (secondary N) is 2. The summed E-state index contributed by atoms with van der Waals surface area (Å²) in [6.45, 7) is 4.20. The van der Waals surface area contributed by atoms with E-state index >= 15 is 0 Å². The molecule has 19 heavy (non-hydrogen) atoms. The minimum atomic E-state index is 0.444. The second-order valence-electron chi connectivity index (χ2n) is 3.66. The van der Waals surface area contributed by atoms with E-state index in [1.54, 1.807) is 19.4 Å². The summed E-state index contributed by atoms with van der Waals surface area (Å²) in [4.78, 5) is 4.28. The molecule has 0 amide bonds. The van der Waals surface area contributed by atoms with E-state index in [0.29, 0.717) is 18.3 Å². The van der Waals surface area contributed by atoms with Crippen LogP contribution in [0.1, 0.15) is 0 Å². The molecule has 98 valence electrons. The van der Waals surface area contributed by atoms with Crippen LogP contribution in [0.5, 0.6) is 5.75 Å². The number of para-hydroxylation sites is 2. The van der Waals surface area contributed by atoms with Gasteiger partial charge >= 0.3 is 0 Å². The van der Waals surface area contributed by atoms with E-state index in [2.05, 4.69) is 32.4 Å². The zero-order valence-electron chi connectivity index (χ0n) is 10.6. The zero-order chi connectivity index (χ0) is 13.5. The van der Waals surface area contributed by atoms with Crippen molar-refractivity contribution in [3.63, 3.8) is 0 Å². The highest BCUT2D eigenvalue weighted by molar-refractivity contribution is 5.63. The van der Waals surface area contributed by atoms with Gasteiger partial charge in [0.25, 0.3) is 0 Å².